The van der Waals surface area contributed by atoms with Crippen molar-refractivity contribution in [1.29, 1.82) is 0 Å². The third-order valence-corrected chi connectivity index (χ3v) is 5.79. The summed E-state index contributed by atoms with van der Waals surface area (Å²) in [6, 6.07) is 20.0. The number of rotatable bonds is 7. The van der Waals surface area contributed by atoms with Gasteiger partial charge in [0.25, 0.3) is 5.91 Å². The van der Waals surface area contributed by atoms with Gasteiger partial charge < -0.3 is 18.9 Å². The molecule has 0 saturated carbocycles. The molecule has 0 bridgehead atoms. The summed E-state index contributed by atoms with van der Waals surface area (Å²) in [5.74, 6) is 1.65. The highest BCUT2D eigenvalue weighted by atomic mass is 16.7. The number of hydrogen-bond donors (Lipinski definition) is 0. The largest absolute Gasteiger partial charge is 0.454 e. The molecule has 4 rings (SSSR count). The molecule has 0 radical (unpaired) electrons. The number of hydrogen-bond acceptors (Lipinski definition) is 3. The minimum atomic E-state index is 0.00182. The molecule has 2 heterocycles. The highest BCUT2D eigenvalue weighted by molar-refractivity contribution is 5.95. The Morgan fingerprint density at radius 2 is 1.77 bits per heavy atom. The fourth-order valence-electron chi connectivity index (χ4n) is 3.66. The van der Waals surface area contributed by atoms with Crippen LogP contribution in [0, 0.1) is 5.92 Å². The van der Waals surface area contributed by atoms with Gasteiger partial charge in [0, 0.05) is 30.0 Å². The molecule has 1 atom stereocenters. The first-order valence-electron chi connectivity index (χ1n) is 10.4. The van der Waals surface area contributed by atoms with Gasteiger partial charge in [0.05, 0.1) is 6.54 Å². The van der Waals surface area contributed by atoms with E-state index in [9.17, 15) is 4.79 Å². The summed E-state index contributed by atoms with van der Waals surface area (Å²) in [5, 5.41) is 0. The van der Waals surface area contributed by atoms with E-state index in [1.165, 1.54) is 5.56 Å². The van der Waals surface area contributed by atoms with Crippen LogP contribution in [0.2, 0.25) is 0 Å². The molecule has 1 aromatic heterocycles. The quantitative estimate of drug-likeness (QED) is 0.559. The smallest absolute Gasteiger partial charge is 0.254 e. The number of benzene rings is 2. The lowest BCUT2D eigenvalue weighted by molar-refractivity contribution is 0.0622. The van der Waals surface area contributed by atoms with Crippen LogP contribution in [0.15, 0.2) is 66.9 Å². The van der Waals surface area contributed by atoms with E-state index in [4.69, 9.17) is 9.47 Å². The summed E-state index contributed by atoms with van der Waals surface area (Å²) in [4.78, 5) is 15.5. The average molecular weight is 405 g/mol. The molecule has 3 aromatic rings. The van der Waals surface area contributed by atoms with Gasteiger partial charge in [-0.3, -0.25) is 4.79 Å². The number of ether oxygens (including phenoxy) is 2. The van der Waals surface area contributed by atoms with Crippen LogP contribution >= 0.6 is 0 Å². The van der Waals surface area contributed by atoms with Gasteiger partial charge in [0.15, 0.2) is 11.5 Å². The van der Waals surface area contributed by atoms with Crippen molar-refractivity contribution in [3.63, 3.8) is 0 Å². The molecule has 2 aromatic carbocycles. The first-order valence-corrected chi connectivity index (χ1v) is 10.4. The van der Waals surface area contributed by atoms with Crippen LogP contribution in [-0.4, -0.2) is 28.2 Å². The van der Waals surface area contributed by atoms with Gasteiger partial charge in [-0.05, 0) is 48.7 Å². The zero-order chi connectivity index (χ0) is 21.1. The van der Waals surface area contributed by atoms with Crippen molar-refractivity contribution < 1.29 is 14.3 Å². The molecule has 0 aliphatic carbocycles. The Balaban J connectivity index is 1.59. The first-order chi connectivity index (χ1) is 14.5. The second-order valence-corrected chi connectivity index (χ2v) is 8.10. The zero-order valence-corrected chi connectivity index (χ0v) is 17.7. The molecule has 1 aliphatic heterocycles. The Morgan fingerprint density at radius 3 is 2.53 bits per heavy atom. The number of carbonyl (C=O) groups is 1. The highest BCUT2D eigenvalue weighted by Gasteiger charge is 2.26. The Kier molecular flexibility index (Phi) is 5.79. The maximum absolute atomic E-state index is 13.5. The maximum Gasteiger partial charge on any atom is 0.254 e. The Bertz CT molecular complexity index is 1010. The summed E-state index contributed by atoms with van der Waals surface area (Å²) in [6.45, 7) is 7.94. The first kappa shape index (κ1) is 20.1. The zero-order valence-electron chi connectivity index (χ0n) is 17.7. The summed E-state index contributed by atoms with van der Waals surface area (Å²) >= 11 is 0. The topological polar surface area (TPSA) is 43.7 Å². The fraction of sp³-hybridized carbons (Fsp3) is 0.320. The predicted octanol–water partition coefficient (Wildman–Crippen LogP) is 4.95. The number of aromatic nitrogens is 1. The van der Waals surface area contributed by atoms with Crippen LogP contribution in [0.3, 0.4) is 0 Å². The summed E-state index contributed by atoms with van der Waals surface area (Å²) in [5.41, 5.74) is 2.97. The highest BCUT2D eigenvalue weighted by Crippen LogP contribution is 2.33. The lowest BCUT2D eigenvalue weighted by atomic mass is 10.0. The van der Waals surface area contributed by atoms with Gasteiger partial charge in [0.1, 0.15) is 0 Å². The van der Waals surface area contributed by atoms with Gasteiger partial charge >= 0.3 is 0 Å². The maximum atomic E-state index is 13.5. The number of fused-ring (bicyclic) bond motifs is 1. The van der Waals surface area contributed by atoms with Crippen molar-refractivity contribution in [3.8, 4) is 11.5 Å². The molecule has 0 spiro atoms. The van der Waals surface area contributed by atoms with Gasteiger partial charge in [-0.15, -0.1) is 0 Å². The monoisotopic (exact) mass is 404 g/mol. The molecule has 0 fully saturated rings. The van der Waals surface area contributed by atoms with Crippen LogP contribution in [0.5, 0.6) is 11.5 Å². The number of amides is 1. The van der Waals surface area contributed by atoms with Crippen molar-refractivity contribution in [2.24, 2.45) is 5.92 Å². The van der Waals surface area contributed by atoms with Crippen molar-refractivity contribution in [2.75, 3.05) is 6.79 Å². The number of carbonyl (C=O) groups excluding carboxylic acids is 1. The standard InChI is InChI=1S/C25H28N2O3/c1-18(2)19(3)27(25(28)21-11-12-23-24(14-21)30-17-29-23)16-22-10-7-13-26(22)15-20-8-5-4-6-9-20/h4-14,18-19H,15-17H2,1-3H3. The van der Waals surface area contributed by atoms with E-state index in [0.29, 0.717) is 29.5 Å². The molecule has 5 heteroatoms. The Morgan fingerprint density at radius 1 is 1.00 bits per heavy atom. The molecule has 0 N–H and O–H groups in total. The average Bonchev–Trinajstić information content (AvgIpc) is 3.40. The van der Waals surface area contributed by atoms with Gasteiger partial charge in [-0.1, -0.05) is 44.2 Å². The summed E-state index contributed by atoms with van der Waals surface area (Å²) in [7, 11) is 0. The van der Waals surface area contributed by atoms with E-state index in [2.05, 4.69) is 61.9 Å². The second kappa shape index (κ2) is 8.66. The second-order valence-electron chi connectivity index (χ2n) is 8.10. The summed E-state index contributed by atoms with van der Waals surface area (Å²) in [6.07, 6.45) is 2.08. The third kappa shape index (κ3) is 4.20. The Labute approximate surface area is 177 Å². The van der Waals surface area contributed by atoms with E-state index < -0.39 is 0 Å². The van der Waals surface area contributed by atoms with E-state index in [1.807, 2.05) is 29.2 Å². The van der Waals surface area contributed by atoms with Gasteiger partial charge in [0.2, 0.25) is 6.79 Å². The molecule has 1 amide bonds. The van der Waals surface area contributed by atoms with E-state index in [-0.39, 0.29) is 18.7 Å². The normalized spacial score (nSPS) is 13.5. The van der Waals surface area contributed by atoms with Crippen LogP contribution in [-0.2, 0) is 13.1 Å². The van der Waals surface area contributed by atoms with Crippen LogP contribution in [0.1, 0.15) is 42.4 Å². The molecule has 1 unspecified atom stereocenters. The minimum absolute atomic E-state index is 0.00182. The molecular weight excluding hydrogens is 376 g/mol. The number of nitrogens with zero attached hydrogens (tertiary/aromatic N) is 2. The lowest BCUT2D eigenvalue weighted by Gasteiger charge is -2.32. The molecule has 5 nitrogen and oxygen atoms in total. The predicted molar refractivity (Wildman–Crippen MR) is 117 cm³/mol. The van der Waals surface area contributed by atoms with Crippen molar-refractivity contribution in [3.05, 3.63) is 83.7 Å². The van der Waals surface area contributed by atoms with Crippen molar-refractivity contribution >= 4 is 5.91 Å². The van der Waals surface area contributed by atoms with E-state index in [0.717, 1.165) is 12.2 Å². The van der Waals surface area contributed by atoms with Gasteiger partial charge in [-0.2, -0.15) is 0 Å². The summed E-state index contributed by atoms with van der Waals surface area (Å²) < 4.78 is 13.1. The Hall–Kier alpha value is -3.21. The van der Waals surface area contributed by atoms with Crippen LogP contribution in [0.25, 0.3) is 0 Å². The SMILES string of the molecule is CC(C)C(C)N(Cc1cccn1Cc1ccccc1)C(=O)c1ccc2c(c1)OCO2. The molecular formula is C25H28N2O3. The molecule has 0 saturated heterocycles. The van der Waals surface area contributed by atoms with Crippen LogP contribution < -0.4 is 9.47 Å². The van der Waals surface area contributed by atoms with Crippen LogP contribution in [0.4, 0.5) is 0 Å². The minimum Gasteiger partial charge on any atom is -0.454 e. The molecule has 30 heavy (non-hydrogen) atoms. The van der Waals surface area contributed by atoms with Crippen molar-refractivity contribution in [1.82, 2.24) is 9.47 Å². The fourth-order valence-corrected chi connectivity index (χ4v) is 3.66. The molecule has 156 valence electrons. The van der Waals surface area contributed by atoms with Crippen molar-refractivity contribution in [2.45, 2.75) is 39.9 Å². The van der Waals surface area contributed by atoms with Gasteiger partial charge in [-0.25, -0.2) is 0 Å². The van der Waals surface area contributed by atoms with E-state index in [1.54, 1.807) is 6.07 Å². The molecule has 1 aliphatic rings. The lowest BCUT2D eigenvalue weighted by Crippen LogP contribution is -2.41. The third-order valence-electron chi connectivity index (χ3n) is 5.79. The van der Waals surface area contributed by atoms with E-state index >= 15 is 0 Å².